The van der Waals surface area contributed by atoms with Crippen molar-refractivity contribution in [3.8, 4) is 0 Å². The minimum absolute atomic E-state index is 0.409. The van der Waals surface area contributed by atoms with Crippen molar-refractivity contribution in [1.29, 1.82) is 0 Å². The Morgan fingerprint density at radius 2 is 2.06 bits per heavy atom. The molecular formula is C15H17ClN2. The topological polar surface area (TPSA) is 24.9 Å². The molecule has 0 spiro atoms. The Hall–Kier alpha value is -1.12. The van der Waals surface area contributed by atoms with Crippen molar-refractivity contribution in [3.05, 3.63) is 40.0 Å². The van der Waals surface area contributed by atoms with Gasteiger partial charge in [-0.05, 0) is 53.8 Å². The predicted octanol–water partition coefficient (Wildman–Crippen LogP) is 3.66. The summed E-state index contributed by atoms with van der Waals surface area (Å²) < 4.78 is 0. The van der Waals surface area contributed by atoms with E-state index in [1.165, 1.54) is 16.5 Å². The molecule has 0 fully saturated rings. The van der Waals surface area contributed by atoms with Gasteiger partial charge in [-0.15, -0.1) is 0 Å². The number of pyridine rings is 1. The van der Waals surface area contributed by atoms with Crippen molar-refractivity contribution in [2.45, 2.75) is 32.7 Å². The molecule has 18 heavy (non-hydrogen) atoms. The van der Waals surface area contributed by atoms with Crippen LogP contribution >= 0.6 is 11.6 Å². The van der Waals surface area contributed by atoms with E-state index in [9.17, 15) is 0 Å². The zero-order chi connectivity index (χ0) is 12.7. The molecule has 1 aliphatic heterocycles. The summed E-state index contributed by atoms with van der Waals surface area (Å²) in [7, 11) is 0. The molecule has 1 aromatic carbocycles. The van der Waals surface area contributed by atoms with Crippen LogP contribution in [0.3, 0.4) is 0 Å². The van der Waals surface area contributed by atoms with E-state index in [1.807, 2.05) is 0 Å². The summed E-state index contributed by atoms with van der Waals surface area (Å²) in [5.41, 5.74) is 4.94. The number of hydrogen-bond donors (Lipinski definition) is 1. The van der Waals surface area contributed by atoms with Crippen LogP contribution in [0, 0.1) is 0 Å². The van der Waals surface area contributed by atoms with E-state index in [0.717, 1.165) is 30.6 Å². The summed E-state index contributed by atoms with van der Waals surface area (Å²) >= 11 is 6.25. The summed E-state index contributed by atoms with van der Waals surface area (Å²) in [6.07, 6.45) is 1.10. The van der Waals surface area contributed by atoms with E-state index < -0.39 is 0 Å². The number of nitrogens with one attached hydrogen (secondary N) is 1. The molecule has 2 aromatic rings. The van der Waals surface area contributed by atoms with Gasteiger partial charge in [0.25, 0.3) is 0 Å². The van der Waals surface area contributed by atoms with Crippen molar-refractivity contribution in [2.75, 3.05) is 6.54 Å². The van der Waals surface area contributed by atoms with Gasteiger partial charge in [0.2, 0.25) is 0 Å². The van der Waals surface area contributed by atoms with Crippen LogP contribution in [0.1, 0.15) is 36.5 Å². The second-order valence-electron chi connectivity index (χ2n) is 5.26. The quantitative estimate of drug-likeness (QED) is 0.792. The van der Waals surface area contributed by atoms with Crippen LogP contribution in [-0.2, 0) is 13.0 Å². The first-order valence-electron chi connectivity index (χ1n) is 6.48. The summed E-state index contributed by atoms with van der Waals surface area (Å²) in [4.78, 5) is 4.54. The number of halogens is 1. The van der Waals surface area contributed by atoms with Crippen molar-refractivity contribution in [1.82, 2.24) is 10.3 Å². The summed E-state index contributed by atoms with van der Waals surface area (Å²) in [5, 5.41) is 5.24. The standard InChI is InChI=1S/C15H17ClN2/c1-9(2)13-6-11-5-10-3-4-17-8-12(10)7-14(11)18-15(13)16/h5-7,9,17H,3-4,8H2,1-2H3. The van der Waals surface area contributed by atoms with E-state index >= 15 is 0 Å². The van der Waals surface area contributed by atoms with Crippen LogP contribution in [0.25, 0.3) is 10.9 Å². The fourth-order valence-electron chi connectivity index (χ4n) is 2.55. The van der Waals surface area contributed by atoms with Gasteiger partial charge in [0, 0.05) is 11.9 Å². The summed E-state index contributed by atoms with van der Waals surface area (Å²) in [6.45, 7) is 6.31. The average molecular weight is 261 g/mol. The van der Waals surface area contributed by atoms with Gasteiger partial charge >= 0.3 is 0 Å². The Morgan fingerprint density at radius 1 is 1.22 bits per heavy atom. The third kappa shape index (κ3) is 2.00. The van der Waals surface area contributed by atoms with Crippen LogP contribution in [0.5, 0.6) is 0 Å². The average Bonchev–Trinajstić information content (AvgIpc) is 2.35. The fourth-order valence-corrected chi connectivity index (χ4v) is 2.92. The van der Waals surface area contributed by atoms with Crippen molar-refractivity contribution < 1.29 is 0 Å². The van der Waals surface area contributed by atoms with Gasteiger partial charge in [-0.1, -0.05) is 25.4 Å². The lowest BCUT2D eigenvalue weighted by Gasteiger charge is -2.18. The maximum absolute atomic E-state index is 6.25. The fraction of sp³-hybridized carbons (Fsp3) is 0.400. The third-order valence-electron chi connectivity index (χ3n) is 3.63. The normalized spacial score (nSPS) is 15.1. The second kappa shape index (κ2) is 4.52. The molecule has 0 bridgehead atoms. The predicted molar refractivity (Wildman–Crippen MR) is 76.3 cm³/mol. The maximum Gasteiger partial charge on any atom is 0.133 e. The molecule has 1 N–H and O–H groups in total. The Labute approximate surface area is 112 Å². The first-order valence-corrected chi connectivity index (χ1v) is 6.85. The highest BCUT2D eigenvalue weighted by Gasteiger charge is 2.13. The molecule has 94 valence electrons. The molecule has 0 atom stereocenters. The number of hydrogen-bond acceptors (Lipinski definition) is 2. The Bertz CT molecular complexity index is 605. The highest BCUT2D eigenvalue weighted by molar-refractivity contribution is 6.30. The number of aromatic nitrogens is 1. The lowest BCUT2D eigenvalue weighted by Crippen LogP contribution is -2.23. The highest BCUT2D eigenvalue weighted by Crippen LogP contribution is 2.29. The summed E-state index contributed by atoms with van der Waals surface area (Å²) in [6, 6.07) is 6.64. The minimum Gasteiger partial charge on any atom is -0.312 e. The molecule has 0 saturated heterocycles. The minimum atomic E-state index is 0.409. The zero-order valence-electron chi connectivity index (χ0n) is 10.8. The van der Waals surface area contributed by atoms with E-state index in [4.69, 9.17) is 11.6 Å². The van der Waals surface area contributed by atoms with Crippen molar-refractivity contribution in [3.63, 3.8) is 0 Å². The van der Waals surface area contributed by atoms with Crippen LogP contribution < -0.4 is 5.32 Å². The first-order chi connectivity index (χ1) is 8.65. The van der Waals surface area contributed by atoms with Crippen LogP contribution in [-0.4, -0.2) is 11.5 Å². The number of nitrogens with zero attached hydrogens (tertiary/aromatic N) is 1. The molecular weight excluding hydrogens is 244 g/mol. The van der Waals surface area contributed by atoms with E-state index in [2.05, 4.69) is 42.3 Å². The van der Waals surface area contributed by atoms with Crippen molar-refractivity contribution in [2.24, 2.45) is 0 Å². The Balaban J connectivity index is 2.21. The van der Waals surface area contributed by atoms with Gasteiger partial charge in [0.15, 0.2) is 0 Å². The van der Waals surface area contributed by atoms with Gasteiger partial charge in [0.1, 0.15) is 5.15 Å². The molecule has 0 aliphatic carbocycles. The molecule has 2 nitrogen and oxygen atoms in total. The van der Waals surface area contributed by atoms with Crippen molar-refractivity contribution >= 4 is 22.5 Å². The largest absolute Gasteiger partial charge is 0.312 e. The molecule has 0 amide bonds. The monoisotopic (exact) mass is 260 g/mol. The van der Waals surface area contributed by atoms with Gasteiger partial charge in [-0.25, -0.2) is 4.98 Å². The number of benzene rings is 1. The molecule has 3 rings (SSSR count). The highest BCUT2D eigenvalue weighted by atomic mass is 35.5. The third-order valence-corrected chi connectivity index (χ3v) is 3.93. The van der Waals surface area contributed by atoms with E-state index in [0.29, 0.717) is 11.1 Å². The molecule has 1 aromatic heterocycles. The van der Waals surface area contributed by atoms with Gasteiger partial charge in [-0.2, -0.15) is 0 Å². The number of fused-ring (bicyclic) bond motifs is 2. The van der Waals surface area contributed by atoms with Gasteiger partial charge in [0.05, 0.1) is 5.52 Å². The molecule has 0 unspecified atom stereocenters. The van der Waals surface area contributed by atoms with Gasteiger partial charge in [-0.3, -0.25) is 0 Å². The molecule has 2 heterocycles. The van der Waals surface area contributed by atoms with E-state index in [-0.39, 0.29) is 0 Å². The molecule has 0 saturated carbocycles. The second-order valence-corrected chi connectivity index (χ2v) is 5.62. The lowest BCUT2D eigenvalue weighted by atomic mass is 9.96. The smallest absolute Gasteiger partial charge is 0.133 e. The van der Waals surface area contributed by atoms with Crippen LogP contribution in [0.15, 0.2) is 18.2 Å². The first kappa shape index (κ1) is 11.9. The summed E-state index contributed by atoms with van der Waals surface area (Å²) in [5.74, 6) is 0.409. The van der Waals surface area contributed by atoms with Gasteiger partial charge < -0.3 is 5.32 Å². The Kier molecular flexibility index (Phi) is 3.00. The maximum atomic E-state index is 6.25. The van der Waals surface area contributed by atoms with Crippen LogP contribution in [0.2, 0.25) is 5.15 Å². The Morgan fingerprint density at radius 3 is 2.83 bits per heavy atom. The van der Waals surface area contributed by atoms with E-state index in [1.54, 1.807) is 0 Å². The number of rotatable bonds is 1. The molecule has 0 radical (unpaired) electrons. The SMILES string of the molecule is CC(C)c1cc2cc3c(cc2nc1Cl)CNCC3. The lowest BCUT2D eigenvalue weighted by molar-refractivity contribution is 0.645. The molecule has 3 heteroatoms. The van der Waals surface area contributed by atoms with Crippen LogP contribution in [0.4, 0.5) is 0 Å². The zero-order valence-corrected chi connectivity index (χ0v) is 11.5. The molecule has 1 aliphatic rings.